The fourth-order valence-corrected chi connectivity index (χ4v) is 2.04. The number of amides is 2. The first kappa shape index (κ1) is 12.2. The van der Waals surface area contributed by atoms with E-state index in [1.54, 1.807) is 11.8 Å². The normalized spacial score (nSPS) is 12.6. The van der Waals surface area contributed by atoms with Crippen molar-refractivity contribution in [3.8, 4) is 11.8 Å². The highest BCUT2D eigenvalue weighted by Gasteiger charge is 2.21. The zero-order valence-corrected chi connectivity index (χ0v) is 10.2. The third kappa shape index (κ3) is 2.51. The van der Waals surface area contributed by atoms with Gasteiger partial charge in [0, 0.05) is 24.7 Å². The first-order valence-electron chi connectivity index (χ1n) is 5.76. The number of nitrogens with two attached hydrogens (primary N) is 1. The maximum absolute atomic E-state index is 11.4. The van der Waals surface area contributed by atoms with Crippen LogP contribution in [0.2, 0.25) is 0 Å². The molecule has 2 N–H and O–H groups in total. The second kappa shape index (κ2) is 4.92. The molecule has 0 aliphatic carbocycles. The zero-order chi connectivity index (χ0) is 13.1. The lowest BCUT2D eigenvalue weighted by atomic mass is 10.1. The number of hydrogen-bond donors (Lipinski definition) is 1. The second-order valence-electron chi connectivity index (χ2n) is 4.21. The molecule has 0 radical (unpaired) electrons. The van der Waals surface area contributed by atoms with Crippen LogP contribution in [-0.2, 0) is 16.0 Å². The van der Waals surface area contributed by atoms with Crippen molar-refractivity contribution in [2.45, 2.75) is 19.8 Å². The average molecular weight is 242 g/mol. The first-order chi connectivity index (χ1) is 8.58. The van der Waals surface area contributed by atoms with Crippen LogP contribution in [-0.4, -0.2) is 18.4 Å². The fourth-order valence-electron chi connectivity index (χ4n) is 2.04. The van der Waals surface area contributed by atoms with Crippen LogP contribution in [0, 0.1) is 11.8 Å². The van der Waals surface area contributed by atoms with E-state index in [1.165, 1.54) is 0 Å². The molecule has 0 unspecified atom stereocenters. The molecule has 4 nitrogen and oxygen atoms in total. The van der Waals surface area contributed by atoms with Crippen molar-refractivity contribution < 1.29 is 9.59 Å². The van der Waals surface area contributed by atoms with Crippen LogP contribution in [0.25, 0.3) is 0 Å². The standard InChI is InChI=1S/C14H14N2O2/c1-10(17)16-8-7-12-9-11(5-6-13(12)16)3-2-4-14(15)18/h5-6,9H,4,7-8H2,1H3,(H2,15,18). The van der Waals surface area contributed by atoms with Crippen molar-refractivity contribution in [2.24, 2.45) is 5.73 Å². The maximum atomic E-state index is 11.4. The highest BCUT2D eigenvalue weighted by Crippen LogP contribution is 2.28. The Hall–Kier alpha value is -2.28. The second-order valence-corrected chi connectivity index (χ2v) is 4.21. The summed E-state index contributed by atoms with van der Waals surface area (Å²) in [4.78, 5) is 23.7. The van der Waals surface area contributed by atoms with E-state index in [-0.39, 0.29) is 12.3 Å². The van der Waals surface area contributed by atoms with Gasteiger partial charge in [-0.2, -0.15) is 0 Å². The first-order valence-corrected chi connectivity index (χ1v) is 5.76. The third-order valence-electron chi connectivity index (χ3n) is 2.85. The molecule has 18 heavy (non-hydrogen) atoms. The van der Waals surface area contributed by atoms with E-state index in [9.17, 15) is 9.59 Å². The summed E-state index contributed by atoms with van der Waals surface area (Å²) in [7, 11) is 0. The Labute approximate surface area is 106 Å². The largest absolute Gasteiger partial charge is 0.369 e. The van der Waals surface area contributed by atoms with E-state index in [1.807, 2.05) is 18.2 Å². The smallest absolute Gasteiger partial charge is 0.229 e. The molecule has 4 heteroatoms. The van der Waals surface area contributed by atoms with Crippen LogP contribution in [0.5, 0.6) is 0 Å². The molecule has 0 aromatic heterocycles. The van der Waals surface area contributed by atoms with Gasteiger partial charge in [0.05, 0.1) is 6.42 Å². The summed E-state index contributed by atoms with van der Waals surface area (Å²) >= 11 is 0. The predicted octanol–water partition coefficient (Wildman–Crippen LogP) is 0.822. The molecule has 1 aliphatic heterocycles. The molecule has 0 bridgehead atoms. The maximum Gasteiger partial charge on any atom is 0.229 e. The lowest BCUT2D eigenvalue weighted by molar-refractivity contribution is -0.117. The summed E-state index contributed by atoms with van der Waals surface area (Å²) in [5, 5.41) is 0. The van der Waals surface area contributed by atoms with Gasteiger partial charge in [-0.25, -0.2) is 0 Å². The highest BCUT2D eigenvalue weighted by molar-refractivity contribution is 5.93. The lowest BCUT2D eigenvalue weighted by Crippen LogP contribution is -2.25. The van der Waals surface area contributed by atoms with Gasteiger partial charge in [-0.3, -0.25) is 9.59 Å². The third-order valence-corrected chi connectivity index (χ3v) is 2.85. The number of rotatable bonds is 1. The van der Waals surface area contributed by atoms with Gasteiger partial charge in [0.15, 0.2) is 0 Å². The number of carbonyl (C=O) groups is 2. The molecule has 92 valence electrons. The summed E-state index contributed by atoms with van der Waals surface area (Å²) in [6.45, 7) is 2.29. The topological polar surface area (TPSA) is 63.4 Å². The summed E-state index contributed by atoms with van der Waals surface area (Å²) in [5.74, 6) is 5.25. The molecule has 0 saturated heterocycles. The lowest BCUT2D eigenvalue weighted by Gasteiger charge is -2.14. The summed E-state index contributed by atoms with van der Waals surface area (Å²) in [5.41, 5.74) is 7.94. The highest BCUT2D eigenvalue weighted by atomic mass is 16.2. The number of carbonyl (C=O) groups excluding carboxylic acids is 2. The van der Waals surface area contributed by atoms with E-state index in [4.69, 9.17) is 5.73 Å². The van der Waals surface area contributed by atoms with Crippen LogP contribution in [0.15, 0.2) is 18.2 Å². The number of hydrogen-bond acceptors (Lipinski definition) is 2. The minimum Gasteiger partial charge on any atom is -0.369 e. The zero-order valence-electron chi connectivity index (χ0n) is 10.2. The number of benzene rings is 1. The van der Waals surface area contributed by atoms with E-state index in [0.29, 0.717) is 0 Å². The van der Waals surface area contributed by atoms with Crippen LogP contribution < -0.4 is 10.6 Å². The van der Waals surface area contributed by atoms with Crippen molar-refractivity contribution in [1.29, 1.82) is 0 Å². The molecule has 2 amide bonds. The molecule has 1 aliphatic rings. The van der Waals surface area contributed by atoms with Gasteiger partial charge in [-0.1, -0.05) is 11.8 Å². The molecule has 0 spiro atoms. The van der Waals surface area contributed by atoms with E-state index in [2.05, 4.69) is 11.8 Å². The molecule has 0 saturated carbocycles. The quantitative estimate of drug-likeness (QED) is 0.741. The summed E-state index contributed by atoms with van der Waals surface area (Å²) < 4.78 is 0. The van der Waals surface area contributed by atoms with Crippen molar-refractivity contribution in [2.75, 3.05) is 11.4 Å². The Kier molecular flexibility index (Phi) is 3.33. The Balaban J connectivity index is 2.21. The van der Waals surface area contributed by atoms with Crippen LogP contribution in [0.3, 0.4) is 0 Å². The van der Waals surface area contributed by atoms with Gasteiger partial charge in [-0.05, 0) is 30.2 Å². The van der Waals surface area contributed by atoms with Gasteiger partial charge in [0.1, 0.15) is 0 Å². The Morgan fingerprint density at radius 1 is 1.44 bits per heavy atom. The van der Waals surface area contributed by atoms with Crippen molar-refractivity contribution >= 4 is 17.5 Å². The molecule has 2 rings (SSSR count). The molecule has 1 aromatic rings. The average Bonchev–Trinajstić information content (AvgIpc) is 2.71. The van der Waals surface area contributed by atoms with Crippen molar-refractivity contribution in [1.82, 2.24) is 0 Å². The number of primary amides is 1. The van der Waals surface area contributed by atoms with Crippen molar-refractivity contribution in [3.05, 3.63) is 29.3 Å². The summed E-state index contributed by atoms with van der Waals surface area (Å²) in [6.07, 6.45) is 0.914. The van der Waals surface area contributed by atoms with Crippen LogP contribution in [0.1, 0.15) is 24.5 Å². The number of nitrogens with zero attached hydrogens (tertiary/aromatic N) is 1. The van der Waals surface area contributed by atoms with Crippen LogP contribution in [0.4, 0.5) is 5.69 Å². The van der Waals surface area contributed by atoms with Gasteiger partial charge in [0.2, 0.25) is 11.8 Å². The van der Waals surface area contributed by atoms with Crippen molar-refractivity contribution in [3.63, 3.8) is 0 Å². The monoisotopic (exact) mass is 242 g/mol. The molecule has 1 aromatic carbocycles. The predicted molar refractivity (Wildman–Crippen MR) is 68.9 cm³/mol. The summed E-state index contributed by atoms with van der Waals surface area (Å²) in [6, 6.07) is 5.72. The molecule has 0 atom stereocenters. The van der Waals surface area contributed by atoms with Gasteiger partial charge < -0.3 is 10.6 Å². The minimum absolute atomic E-state index is 0.0568. The number of anilines is 1. The minimum atomic E-state index is -0.425. The van der Waals surface area contributed by atoms with E-state index in [0.717, 1.165) is 29.8 Å². The molecular weight excluding hydrogens is 228 g/mol. The SMILES string of the molecule is CC(=O)N1CCc2cc(C#CCC(N)=O)ccc21. The van der Waals surface area contributed by atoms with E-state index < -0.39 is 5.91 Å². The molecule has 0 fully saturated rings. The Bertz CT molecular complexity index is 567. The van der Waals surface area contributed by atoms with Crippen LogP contribution >= 0.6 is 0 Å². The van der Waals surface area contributed by atoms with Gasteiger partial charge in [0.25, 0.3) is 0 Å². The Morgan fingerprint density at radius 2 is 2.22 bits per heavy atom. The molecular formula is C14H14N2O2. The van der Waals surface area contributed by atoms with E-state index >= 15 is 0 Å². The van der Waals surface area contributed by atoms with Gasteiger partial charge in [-0.15, -0.1) is 0 Å². The number of fused-ring (bicyclic) bond motifs is 1. The van der Waals surface area contributed by atoms with Gasteiger partial charge >= 0.3 is 0 Å². The molecule has 1 heterocycles. The Morgan fingerprint density at radius 3 is 2.89 bits per heavy atom. The fraction of sp³-hybridized carbons (Fsp3) is 0.286.